The fraction of sp³-hybridized carbons (Fsp3) is 0.0714. The number of rotatable bonds is 4. The van der Waals surface area contributed by atoms with Crippen molar-refractivity contribution >= 4 is 23.1 Å². The highest BCUT2D eigenvalue weighted by Gasteiger charge is 2.11. The van der Waals surface area contributed by atoms with Crippen molar-refractivity contribution in [2.45, 2.75) is 5.03 Å². The molecule has 0 atom stereocenters. The summed E-state index contributed by atoms with van der Waals surface area (Å²) in [6.07, 6.45) is 11.5. The SMILES string of the molecule is CSc1ccnc(-c2cnc3cnc(C(=N)/C=C\N)cn23)n1. The van der Waals surface area contributed by atoms with E-state index in [4.69, 9.17) is 11.1 Å². The average molecular weight is 311 g/mol. The van der Waals surface area contributed by atoms with Gasteiger partial charge >= 0.3 is 0 Å². The first kappa shape index (κ1) is 14.2. The summed E-state index contributed by atoms with van der Waals surface area (Å²) in [4.78, 5) is 17.3. The Balaban J connectivity index is 2.13. The van der Waals surface area contributed by atoms with Crippen LogP contribution in [0, 0.1) is 5.41 Å². The van der Waals surface area contributed by atoms with E-state index in [1.807, 2.05) is 16.7 Å². The van der Waals surface area contributed by atoms with E-state index in [-0.39, 0.29) is 5.71 Å². The second-order valence-corrected chi connectivity index (χ2v) is 5.17. The summed E-state index contributed by atoms with van der Waals surface area (Å²) in [5.41, 5.74) is 7.46. The van der Waals surface area contributed by atoms with E-state index < -0.39 is 0 Å². The van der Waals surface area contributed by atoms with Crippen LogP contribution in [0.2, 0.25) is 0 Å². The topological polar surface area (TPSA) is 106 Å². The predicted molar refractivity (Wildman–Crippen MR) is 86.0 cm³/mol. The van der Waals surface area contributed by atoms with Crippen molar-refractivity contribution < 1.29 is 0 Å². The molecule has 0 aliphatic carbocycles. The molecule has 0 spiro atoms. The minimum absolute atomic E-state index is 0.225. The van der Waals surface area contributed by atoms with E-state index in [1.54, 1.807) is 36.5 Å². The van der Waals surface area contributed by atoms with Gasteiger partial charge in [-0.3, -0.25) is 9.81 Å². The van der Waals surface area contributed by atoms with Gasteiger partial charge in [0.25, 0.3) is 0 Å². The number of allylic oxidation sites excluding steroid dienone is 1. The molecular formula is C14H13N7S. The quantitative estimate of drug-likeness (QED) is 0.432. The molecule has 3 aromatic rings. The second-order valence-electron chi connectivity index (χ2n) is 4.34. The molecule has 0 saturated carbocycles. The van der Waals surface area contributed by atoms with Gasteiger partial charge < -0.3 is 5.73 Å². The number of nitrogens with zero attached hydrogens (tertiary/aromatic N) is 5. The molecule has 0 amide bonds. The van der Waals surface area contributed by atoms with Gasteiger partial charge in [-0.1, -0.05) is 0 Å². The van der Waals surface area contributed by atoms with Crippen LogP contribution in [0.4, 0.5) is 0 Å². The van der Waals surface area contributed by atoms with Crippen LogP contribution in [0.25, 0.3) is 17.2 Å². The highest BCUT2D eigenvalue weighted by atomic mass is 32.2. The van der Waals surface area contributed by atoms with Crippen molar-refractivity contribution in [3.05, 3.63) is 48.8 Å². The van der Waals surface area contributed by atoms with E-state index in [2.05, 4.69) is 19.9 Å². The monoisotopic (exact) mass is 311 g/mol. The van der Waals surface area contributed by atoms with Crippen molar-refractivity contribution in [2.75, 3.05) is 6.26 Å². The Bertz CT molecular complexity index is 869. The van der Waals surface area contributed by atoms with E-state index in [0.717, 1.165) is 10.7 Å². The van der Waals surface area contributed by atoms with E-state index in [1.165, 1.54) is 12.3 Å². The van der Waals surface area contributed by atoms with Gasteiger partial charge in [0.2, 0.25) is 0 Å². The van der Waals surface area contributed by atoms with Crippen molar-refractivity contribution in [1.29, 1.82) is 5.41 Å². The molecule has 0 radical (unpaired) electrons. The van der Waals surface area contributed by atoms with Crippen molar-refractivity contribution in [1.82, 2.24) is 24.3 Å². The maximum atomic E-state index is 7.90. The van der Waals surface area contributed by atoms with Crippen LogP contribution in [0.1, 0.15) is 5.69 Å². The third-order valence-electron chi connectivity index (χ3n) is 3.00. The average Bonchev–Trinajstić information content (AvgIpc) is 2.98. The number of fused-ring (bicyclic) bond motifs is 1. The van der Waals surface area contributed by atoms with Crippen LogP contribution < -0.4 is 5.73 Å². The first-order valence-electron chi connectivity index (χ1n) is 6.40. The Morgan fingerprint density at radius 3 is 2.95 bits per heavy atom. The van der Waals surface area contributed by atoms with Gasteiger partial charge in [-0.05, 0) is 24.6 Å². The smallest absolute Gasteiger partial charge is 0.179 e. The summed E-state index contributed by atoms with van der Waals surface area (Å²) in [6, 6.07) is 1.85. The Morgan fingerprint density at radius 2 is 2.18 bits per heavy atom. The molecule has 8 heteroatoms. The van der Waals surface area contributed by atoms with E-state index in [9.17, 15) is 0 Å². The van der Waals surface area contributed by atoms with Crippen LogP contribution in [0.15, 0.2) is 48.2 Å². The van der Waals surface area contributed by atoms with Gasteiger partial charge in [0, 0.05) is 12.4 Å². The molecule has 0 aromatic carbocycles. The maximum Gasteiger partial charge on any atom is 0.179 e. The minimum atomic E-state index is 0.225. The Hall–Kier alpha value is -2.74. The van der Waals surface area contributed by atoms with Gasteiger partial charge in [0.1, 0.15) is 11.4 Å². The normalized spacial score (nSPS) is 11.3. The summed E-state index contributed by atoms with van der Waals surface area (Å²) in [6.45, 7) is 0. The lowest BCUT2D eigenvalue weighted by Crippen LogP contribution is -2.03. The lowest BCUT2D eigenvalue weighted by atomic mass is 10.2. The maximum absolute atomic E-state index is 7.90. The third kappa shape index (κ3) is 2.56. The second kappa shape index (κ2) is 5.94. The molecule has 22 heavy (non-hydrogen) atoms. The summed E-state index contributed by atoms with van der Waals surface area (Å²) >= 11 is 1.55. The van der Waals surface area contributed by atoms with Crippen molar-refractivity contribution in [3.63, 3.8) is 0 Å². The van der Waals surface area contributed by atoms with E-state index in [0.29, 0.717) is 17.2 Å². The molecule has 0 fully saturated rings. The lowest BCUT2D eigenvalue weighted by Gasteiger charge is -2.04. The fourth-order valence-electron chi connectivity index (χ4n) is 1.95. The number of thioether (sulfide) groups is 1. The summed E-state index contributed by atoms with van der Waals surface area (Å²) in [5, 5.41) is 8.78. The molecule has 0 aliphatic rings. The number of hydrogen-bond acceptors (Lipinski definition) is 7. The zero-order chi connectivity index (χ0) is 15.5. The molecule has 0 aliphatic heterocycles. The molecule has 3 N–H and O–H groups in total. The highest BCUT2D eigenvalue weighted by Crippen LogP contribution is 2.19. The zero-order valence-electron chi connectivity index (χ0n) is 11.8. The Kier molecular flexibility index (Phi) is 3.84. The molecule has 3 heterocycles. The summed E-state index contributed by atoms with van der Waals surface area (Å²) in [7, 11) is 0. The van der Waals surface area contributed by atoms with Gasteiger partial charge in [-0.2, -0.15) is 0 Å². The Morgan fingerprint density at radius 1 is 1.32 bits per heavy atom. The van der Waals surface area contributed by atoms with Crippen LogP contribution in [-0.2, 0) is 0 Å². The molecular weight excluding hydrogens is 298 g/mol. The Labute approximate surface area is 130 Å². The minimum Gasteiger partial charge on any atom is -0.405 e. The molecule has 0 bridgehead atoms. The van der Waals surface area contributed by atoms with Gasteiger partial charge in [-0.15, -0.1) is 11.8 Å². The number of nitrogens with one attached hydrogen (secondary N) is 1. The number of aromatic nitrogens is 5. The molecule has 0 saturated heterocycles. The van der Waals surface area contributed by atoms with Crippen LogP contribution >= 0.6 is 11.8 Å². The fourth-order valence-corrected chi connectivity index (χ4v) is 2.33. The van der Waals surface area contributed by atoms with Crippen LogP contribution in [0.5, 0.6) is 0 Å². The third-order valence-corrected chi connectivity index (χ3v) is 3.65. The lowest BCUT2D eigenvalue weighted by molar-refractivity contribution is 1.02. The molecule has 110 valence electrons. The summed E-state index contributed by atoms with van der Waals surface area (Å²) in [5.74, 6) is 0.581. The largest absolute Gasteiger partial charge is 0.405 e. The number of nitrogens with two attached hydrogens (primary N) is 1. The first-order chi connectivity index (χ1) is 10.7. The van der Waals surface area contributed by atoms with Crippen LogP contribution in [-0.4, -0.2) is 36.3 Å². The number of imidazole rings is 1. The van der Waals surface area contributed by atoms with Gasteiger partial charge in [0.15, 0.2) is 11.5 Å². The van der Waals surface area contributed by atoms with Gasteiger partial charge in [-0.25, -0.2) is 19.9 Å². The molecule has 3 aromatic heterocycles. The zero-order valence-corrected chi connectivity index (χ0v) is 12.6. The van der Waals surface area contributed by atoms with Crippen LogP contribution in [0.3, 0.4) is 0 Å². The highest BCUT2D eigenvalue weighted by molar-refractivity contribution is 7.98. The summed E-state index contributed by atoms with van der Waals surface area (Å²) < 4.78 is 1.82. The van der Waals surface area contributed by atoms with Gasteiger partial charge in [0.05, 0.1) is 23.1 Å². The standard InChI is InChI=1S/C14H13N7S/c1-22-13-3-5-17-14(20-13)11-6-19-12-7-18-10(8-21(11)12)9(16)2-4-15/h2-8,16H,15H2,1H3/b4-2-,16-9?. The van der Waals surface area contributed by atoms with Crippen molar-refractivity contribution in [2.24, 2.45) is 5.73 Å². The molecule has 0 unspecified atom stereocenters. The predicted octanol–water partition coefficient (Wildman–Crippen LogP) is 1.75. The molecule has 3 rings (SSSR count). The number of hydrogen-bond donors (Lipinski definition) is 2. The van der Waals surface area contributed by atoms with Crippen molar-refractivity contribution in [3.8, 4) is 11.5 Å². The first-order valence-corrected chi connectivity index (χ1v) is 7.63. The van der Waals surface area contributed by atoms with E-state index >= 15 is 0 Å². The molecule has 7 nitrogen and oxygen atoms in total.